The first-order valence-corrected chi connectivity index (χ1v) is 4.71. The molecule has 0 radical (unpaired) electrons. The van der Waals surface area contributed by atoms with Crippen LogP contribution in [0.15, 0.2) is 0 Å². The largest absolute Gasteiger partial charge is 0.393 e. The second-order valence-electron chi connectivity index (χ2n) is 3.28. The minimum absolute atomic E-state index is 0.0486. The molecule has 0 saturated carbocycles. The van der Waals surface area contributed by atoms with Crippen molar-refractivity contribution in [3.63, 3.8) is 0 Å². The van der Waals surface area contributed by atoms with Gasteiger partial charge in [0.2, 0.25) is 11.8 Å². The minimum Gasteiger partial charge on any atom is -0.393 e. The standard InChI is InChI=1S/C8H13N3O2S/c1-10-4-8(13)11(5-7(10)12)3-2-6(9)14/h2-5H2,1H3,(H2,9,14). The Balaban J connectivity index is 2.49. The Labute approximate surface area is 87.8 Å². The molecule has 78 valence electrons. The van der Waals surface area contributed by atoms with E-state index < -0.39 is 0 Å². The van der Waals surface area contributed by atoms with E-state index in [9.17, 15) is 9.59 Å². The van der Waals surface area contributed by atoms with Gasteiger partial charge in [0.1, 0.15) is 0 Å². The van der Waals surface area contributed by atoms with Crippen molar-refractivity contribution in [2.45, 2.75) is 6.42 Å². The number of hydrogen-bond acceptors (Lipinski definition) is 3. The zero-order chi connectivity index (χ0) is 10.7. The summed E-state index contributed by atoms with van der Waals surface area (Å²) in [6.07, 6.45) is 0.470. The van der Waals surface area contributed by atoms with Crippen LogP contribution >= 0.6 is 12.2 Å². The monoisotopic (exact) mass is 215 g/mol. The second-order valence-corrected chi connectivity index (χ2v) is 3.81. The van der Waals surface area contributed by atoms with Crippen molar-refractivity contribution in [3.05, 3.63) is 0 Å². The van der Waals surface area contributed by atoms with Gasteiger partial charge in [-0.05, 0) is 0 Å². The van der Waals surface area contributed by atoms with Crippen LogP contribution in [-0.2, 0) is 9.59 Å². The minimum atomic E-state index is -0.0525. The van der Waals surface area contributed by atoms with Gasteiger partial charge in [-0.25, -0.2) is 0 Å². The first kappa shape index (κ1) is 10.9. The first-order valence-electron chi connectivity index (χ1n) is 4.30. The highest BCUT2D eigenvalue weighted by molar-refractivity contribution is 7.80. The zero-order valence-corrected chi connectivity index (χ0v) is 8.84. The molecule has 0 aromatic rings. The quantitative estimate of drug-likeness (QED) is 0.611. The molecule has 1 aliphatic heterocycles. The summed E-state index contributed by atoms with van der Waals surface area (Å²) in [5.41, 5.74) is 5.32. The van der Waals surface area contributed by atoms with E-state index in [4.69, 9.17) is 18.0 Å². The molecule has 2 amide bonds. The maximum absolute atomic E-state index is 11.4. The van der Waals surface area contributed by atoms with Crippen LogP contribution in [0.2, 0.25) is 0 Å². The molecule has 0 bridgehead atoms. The van der Waals surface area contributed by atoms with Gasteiger partial charge in [-0.3, -0.25) is 9.59 Å². The first-order chi connectivity index (χ1) is 6.50. The van der Waals surface area contributed by atoms with E-state index in [0.717, 1.165) is 0 Å². The summed E-state index contributed by atoms with van der Waals surface area (Å²) in [6, 6.07) is 0. The van der Waals surface area contributed by atoms with Gasteiger partial charge >= 0.3 is 0 Å². The van der Waals surface area contributed by atoms with Gasteiger partial charge in [0, 0.05) is 20.0 Å². The summed E-state index contributed by atoms with van der Waals surface area (Å²) in [4.78, 5) is 25.9. The van der Waals surface area contributed by atoms with E-state index >= 15 is 0 Å². The normalized spacial score (nSPS) is 17.5. The number of likely N-dealkylation sites (N-methyl/N-ethyl adjacent to an activating group) is 1. The lowest BCUT2D eigenvalue weighted by Crippen LogP contribution is -2.52. The summed E-state index contributed by atoms with van der Waals surface area (Å²) in [5.74, 6) is -0.101. The predicted octanol–water partition coefficient (Wildman–Crippen LogP) is -1.04. The number of amides is 2. The molecular weight excluding hydrogens is 202 g/mol. The van der Waals surface area contributed by atoms with Gasteiger partial charge in [0.15, 0.2) is 0 Å². The van der Waals surface area contributed by atoms with Crippen molar-refractivity contribution >= 4 is 29.0 Å². The molecule has 14 heavy (non-hydrogen) atoms. The number of piperazine rings is 1. The molecule has 0 unspecified atom stereocenters. The van der Waals surface area contributed by atoms with Gasteiger partial charge in [0.05, 0.1) is 18.1 Å². The van der Waals surface area contributed by atoms with E-state index in [-0.39, 0.29) is 24.9 Å². The lowest BCUT2D eigenvalue weighted by molar-refractivity contribution is -0.148. The Kier molecular flexibility index (Phi) is 3.40. The van der Waals surface area contributed by atoms with Crippen LogP contribution in [0.3, 0.4) is 0 Å². The Morgan fingerprint density at radius 3 is 2.64 bits per heavy atom. The predicted molar refractivity (Wildman–Crippen MR) is 55.6 cm³/mol. The van der Waals surface area contributed by atoms with Crippen molar-refractivity contribution in [2.24, 2.45) is 5.73 Å². The zero-order valence-electron chi connectivity index (χ0n) is 8.02. The highest BCUT2D eigenvalue weighted by atomic mass is 32.1. The average molecular weight is 215 g/mol. The molecule has 5 nitrogen and oxygen atoms in total. The maximum atomic E-state index is 11.4. The third kappa shape index (κ3) is 2.66. The summed E-state index contributed by atoms with van der Waals surface area (Å²) in [5, 5.41) is 0. The SMILES string of the molecule is CN1CC(=O)N(CCC(N)=S)CC1=O. The second kappa shape index (κ2) is 4.36. The molecule has 6 heteroatoms. The Morgan fingerprint density at radius 1 is 1.43 bits per heavy atom. The third-order valence-corrected chi connectivity index (χ3v) is 2.31. The highest BCUT2D eigenvalue weighted by Gasteiger charge is 2.26. The van der Waals surface area contributed by atoms with Crippen molar-refractivity contribution in [2.75, 3.05) is 26.7 Å². The third-order valence-electron chi connectivity index (χ3n) is 2.11. The molecule has 1 aliphatic rings. The van der Waals surface area contributed by atoms with Gasteiger partial charge in [-0.1, -0.05) is 12.2 Å². The topological polar surface area (TPSA) is 66.6 Å². The highest BCUT2D eigenvalue weighted by Crippen LogP contribution is 2.03. The molecule has 0 spiro atoms. The van der Waals surface area contributed by atoms with Crippen LogP contribution in [0.4, 0.5) is 0 Å². The number of hydrogen-bond donors (Lipinski definition) is 1. The Bertz CT molecular complexity index is 280. The van der Waals surface area contributed by atoms with Gasteiger partial charge in [0.25, 0.3) is 0 Å². The Morgan fingerprint density at radius 2 is 2.07 bits per heavy atom. The molecule has 0 aliphatic carbocycles. The molecular formula is C8H13N3O2S. The maximum Gasteiger partial charge on any atom is 0.242 e. The van der Waals surface area contributed by atoms with E-state index in [1.807, 2.05) is 0 Å². The lowest BCUT2D eigenvalue weighted by Gasteiger charge is -2.31. The van der Waals surface area contributed by atoms with Crippen molar-refractivity contribution in [3.8, 4) is 0 Å². The fourth-order valence-electron chi connectivity index (χ4n) is 1.21. The van der Waals surface area contributed by atoms with Crippen LogP contribution in [0.1, 0.15) is 6.42 Å². The molecule has 0 atom stereocenters. The van der Waals surface area contributed by atoms with Crippen LogP contribution in [0.25, 0.3) is 0 Å². The van der Waals surface area contributed by atoms with Crippen molar-refractivity contribution in [1.29, 1.82) is 0 Å². The summed E-state index contributed by atoms with van der Waals surface area (Å²) >= 11 is 4.70. The van der Waals surface area contributed by atoms with Crippen molar-refractivity contribution < 1.29 is 9.59 Å². The molecule has 2 N–H and O–H groups in total. The van der Waals surface area contributed by atoms with E-state index in [1.165, 1.54) is 9.80 Å². The van der Waals surface area contributed by atoms with Gasteiger partial charge in [-0.2, -0.15) is 0 Å². The van der Waals surface area contributed by atoms with Crippen molar-refractivity contribution in [1.82, 2.24) is 9.80 Å². The number of nitrogens with two attached hydrogens (primary N) is 1. The van der Waals surface area contributed by atoms with Crippen LogP contribution in [0, 0.1) is 0 Å². The fraction of sp³-hybridized carbons (Fsp3) is 0.625. The molecule has 0 aromatic carbocycles. The average Bonchev–Trinajstić information content (AvgIpc) is 2.09. The molecule has 1 saturated heterocycles. The molecule has 0 aromatic heterocycles. The Hall–Kier alpha value is -1.17. The van der Waals surface area contributed by atoms with E-state index in [2.05, 4.69) is 0 Å². The van der Waals surface area contributed by atoms with Gasteiger partial charge in [-0.15, -0.1) is 0 Å². The smallest absolute Gasteiger partial charge is 0.242 e. The molecule has 1 fully saturated rings. The van der Waals surface area contributed by atoms with Crippen LogP contribution in [0.5, 0.6) is 0 Å². The van der Waals surface area contributed by atoms with Crippen LogP contribution < -0.4 is 5.73 Å². The summed E-state index contributed by atoms with van der Waals surface area (Å²) in [6.45, 7) is 0.724. The van der Waals surface area contributed by atoms with E-state index in [0.29, 0.717) is 18.0 Å². The number of nitrogens with zero attached hydrogens (tertiary/aromatic N) is 2. The van der Waals surface area contributed by atoms with E-state index in [1.54, 1.807) is 7.05 Å². The lowest BCUT2D eigenvalue weighted by atomic mass is 10.3. The van der Waals surface area contributed by atoms with Crippen LogP contribution in [-0.4, -0.2) is 53.3 Å². The number of carbonyl (C=O) groups excluding carboxylic acids is 2. The summed E-state index contributed by atoms with van der Waals surface area (Å²) in [7, 11) is 1.62. The number of rotatable bonds is 3. The fourth-order valence-corrected chi connectivity index (χ4v) is 1.30. The number of carbonyl (C=O) groups is 2. The van der Waals surface area contributed by atoms with Gasteiger partial charge < -0.3 is 15.5 Å². The summed E-state index contributed by atoms with van der Waals surface area (Å²) < 4.78 is 0. The number of thiocarbonyl (C=S) groups is 1. The molecule has 1 heterocycles. The molecule has 1 rings (SSSR count).